The fourth-order valence-corrected chi connectivity index (χ4v) is 3.36. The average molecular weight is 399 g/mol. The second kappa shape index (κ2) is 8.86. The van der Waals surface area contributed by atoms with Gasteiger partial charge >= 0.3 is 5.97 Å². The first-order valence-electron chi connectivity index (χ1n) is 9.40. The Bertz CT molecular complexity index is 924. The second-order valence-corrected chi connectivity index (χ2v) is 6.78. The van der Waals surface area contributed by atoms with Gasteiger partial charge in [0.05, 0.1) is 21.3 Å². The van der Waals surface area contributed by atoms with Crippen molar-refractivity contribution >= 4 is 17.6 Å². The SMILES string of the molecule is COc1cc(OC)c(C(=O)O[C@H](C)C(=O)Nc2ccc3c(c2)CCC3)cc1OC. The molecule has 1 N–H and O–H groups in total. The molecule has 3 rings (SSSR count). The Morgan fingerprint density at radius 2 is 1.55 bits per heavy atom. The summed E-state index contributed by atoms with van der Waals surface area (Å²) in [6.07, 6.45) is 2.23. The van der Waals surface area contributed by atoms with E-state index >= 15 is 0 Å². The monoisotopic (exact) mass is 399 g/mol. The molecule has 7 nitrogen and oxygen atoms in total. The van der Waals surface area contributed by atoms with Crippen LogP contribution in [0.25, 0.3) is 0 Å². The first-order chi connectivity index (χ1) is 14.0. The molecule has 0 bridgehead atoms. The molecule has 1 atom stereocenters. The maximum absolute atomic E-state index is 12.6. The molecule has 0 unspecified atom stereocenters. The highest BCUT2D eigenvalue weighted by Crippen LogP contribution is 2.35. The maximum Gasteiger partial charge on any atom is 0.342 e. The summed E-state index contributed by atoms with van der Waals surface area (Å²) in [4.78, 5) is 25.1. The van der Waals surface area contributed by atoms with E-state index in [0.717, 1.165) is 19.3 Å². The number of amides is 1. The molecule has 0 aliphatic heterocycles. The van der Waals surface area contributed by atoms with Gasteiger partial charge in [-0.05, 0) is 49.4 Å². The highest BCUT2D eigenvalue weighted by atomic mass is 16.6. The van der Waals surface area contributed by atoms with E-state index in [2.05, 4.69) is 5.32 Å². The Hall–Kier alpha value is -3.22. The van der Waals surface area contributed by atoms with Crippen LogP contribution in [-0.4, -0.2) is 39.3 Å². The van der Waals surface area contributed by atoms with Gasteiger partial charge < -0.3 is 24.3 Å². The lowest BCUT2D eigenvalue weighted by atomic mass is 10.1. The van der Waals surface area contributed by atoms with E-state index in [-0.39, 0.29) is 11.3 Å². The van der Waals surface area contributed by atoms with Gasteiger partial charge in [0, 0.05) is 17.8 Å². The zero-order chi connectivity index (χ0) is 21.0. The fourth-order valence-electron chi connectivity index (χ4n) is 3.36. The van der Waals surface area contributed by atoms with Crippen LogP contribution >= 0.6 is 0 Å². The molecular weight excluding hydrogens is 374 g/mol. The standard InChI is InChI=1S/C22H25NO6/c1-13(21(24)23-16-9-8-14-6-5-7-15(14)10-16)29-22(25)17-11-19(27-3)20(28-4)12-18(17)26-2/h8-13H,5-7H2,1-4H3,(H,23,24)/t13-/m1/s1. The Labute approximate surface area is 169 Å². The smallest absolute Gasteiger partial charge is 0.342 e. The van der Waals surface area contributed by atoms with Crippen molar-refractivity contribution in [2.24, 2.45) is 0 Å². The van der Waals surface area contributed by atoms with Crippen LogP contribution in [-0.2, 0) is 22.4 Å². The van der Waals surface area contributed by atoms with Gasteiger partial charge in [-0.25, -0.2) is 4.79 Å². The molecular formula is C22H25NO6. The van der Waals surface area contributed by atoms with Crippen molar-refractivity contribution in [1.82, 2.24) is 0 Å². The van der Waals surface area contributed by atoms with Gasteiger partial charge in [-0.15, -0.1) is 0 Å². The molecule has 29 heavy (non-hydrogen) atoms. The number of nitrogens with one attached hydrogen (secondary N) is 1. The summed E-state index contributed by atoms with van der Waals surface area (Å²) in [6.45, 7) is 1.52. The van der Waals surface area contributed by atoms with Crippen LogP contribution in [0.15, 0.2) is 30.3 Å². The minimum atomic E-state index is -0.992. The van der Waals surface area contributed by atoms with Gasteiger partial charge in [0.1, 0.15) is 11.3 Å². The Balaban J connectivity index is 1.70. The topological polar surface area (TPSA) is 83.1 Å². The zero-order valence-corrected chi connectivity index (χ0v) is 17.0. The molecule has 154 valence electrons. The molecule has 0 saturated heterocycles. The van der Waals surface area contributed by atoms with Crippen molar-refractivity contribution in [1.29, 1.82) is 0 Å². The molecule has 2 aromatic carbocycles. The molecule has 2 aromatic rings. The number of benzene rings is 2. The van der Waals surface area contributed by atoms with Crippen molar-refractivity contribution in [3.8, 4) is 17.2 Å². The normalized spacial score (nSPS) is 13.2. The largest absolute Gasteiger partial charge is 0.496 e. The molecule has 0 aromatic heterocycles. The number of ether oxygens (including phenoxy) is 4. The third-order valence-corrected chi connectivity index (χ3v) is 4.94. The summed E-state index contributed by atoms with van der Waals surface area (Å²) in [5, 5.41) is 2.81. The highest BCUT2D eigenvalue weighted by molar-refractivity contribution is 5.98. The third kappa shape index (κ3) is 4.45. The molecule has 1 aliphatic rings. The van der Waals surface area contributed by atoms with E-state index in [9.17, 15) is 9.59 Å². The number of hydrogen-bond donors (Lipinski definition) is 1. The molecule has 0 spiro atoms. The summed E-state index contributed by atoms with van der Waals surface area (Å²) in [5.74, 6) is -0.0622. The third-order valence-electron chi connectivity index (χ3n) is 4.94. The number of anilines is 1. The van der Waals surface area contributed by atoms with E-state index in [1.807, 2.05) is 18.2 Å². The minimum Gasteiger partial charge on any atom is -0.496 e. The van der Waals surface area contributed by atoms with Crippen LogP contribution in [0.1, 0.15) is 34.8 Å². The predicted molar refractivity (Wildman–Crippen MR) is 108 cm³/mol. The number of methoxy groups -OCH3 is 3. The Morgan fingerprint density at radius 3 is 2.24 bits per heavy atom. The molecule has 1 aliphatic carbocycles. The lowest BCUT2D eigenvalue weighted by molar-refractivity contribution is -0.123. The Morgan fingerprint density at radius 1 is 0.897 bits per heavy atom. The van der Waals surface area contributed by atoms with Gasteiger partial charge in [0.25, 0.3) is 5.91 Å². The van der Waals surface area contributed by atoms with Gasteiger partial charge in [-0.3, -0.25) is 4.79 Å². The minimum absolute atomic E-state index is 0.141. The molecule has 0 heterocycles. The van der Waals surface area contributed by atoms with E-state index < -0.39 is 18.0 Å². The quantitative estimate of drug-likeness (QED) is 0.719. The van der Waals surface area contributed by atoms with Crippen LogP contribution in [0.4, 0.5) is 5.69 Å². The van der Waals surface area contributed by atoms with Crippen molar-refractivity contribution < 1.29 is 28.5 Å². The molecule has 0 radical (unpaired) electrons. The number of hydrogen-bond acceptors (Lipinski definition) is 6. The van der Waals surface area contributed by atoms with E-state index in [0.29, 0.717) is 17.2 Å². The number of rotatable bonds is 7. The van der Waals surface area contributed by atoms with Crippen LogP contribution in [0.5, 0.6) is 17.2 Å². The number of esters is 1. The lowest BCUT2D eigenvalue weighted by Crippen LogP contribution is -2.30. The maximum atomic E-state index is 12.6. The van der Waals surface area contributed by atoms with Crippen LogP contribution in [0, 0.1) is 0 Å². The fraction of sp³-hybridized carbons (Fsp3) is 0.364. The number of fused-ring (bicyclic) bond motifs is 1. The summed E-state index contributed by atoms with van der Waals surface area (Å²) in [5.41, 5.74) is 3.41. The highest BCUT2D eigenvalue weighted by Gasteiger charge is 2.24. The molecule has 7 heteroatoms. The van der Waals surface area contributed by atoms with E-state index in [4.69, 9.17) is 18.9 Å². The summed E-state index contributed by atoms with van der Waals surface area (Å²) >= 11 is 0. The van der Waals surface area contributed by atoms with Crippen LogP contribution in [0.3, 0.4) is 0 Å². The average Bonchev–Trinajstić information content (AvgIpc) is 3.20. The second-order valence-electron chi connectivity index (χ2n) is 6.78. The zero-order valence-electron chi connectivity index (χ0n) is 17.0. The number of carbonyl (C=O) groups is 2. The van der Waals surface area contributed by atoms with Gasteiger partial charge in [-0.2, -0.15) is 0 Å². The van der Waals surface area contributed by atoms with E-state index in [1.54, 1.807) is 0 Å². The molecule has 0 fully saturated rings. The predicted octanol–water partition coefficient (Wildman–Crippen LogP) is 3.39. The van der Waals surface area contributed by atoms with Crippen molar-refractivity contribution in [2.75, 3.05) is 26.6 Å². The van der Waals surface area contributed by atoms with Crippen molar-refractivity contribution in [3.63, 3.8) is 0 Å². The lowest BCUT2D eigenvalue weighted by Gasteiger charge is -2.17. The summed E-state index contributed by atoms with van der Waals surface area (Å²) in [7, 11) is 4.38. The summed E-state index contributed by atoms with van der Waals surface area (Å²) < 4.78 is 21.0. The van der Waals surface area contributed by atoms with Crippen LogP contribution in [0.2, 0.25) is 0 Å². The van der Waals surface area contributed by atoms with Gasteiger partial charge in [-0.1, -0.05) is 6.07 Å². The van der Waals surface area contributed by atoms with Crippen LogP contribution < -0.4 is 19.5 Å². The number of carbonyl (C=O) groups excluding carboxylic acids is 2. The Kier molecular flexibility index (Phi) is 6.26. The van der Waals surface area contributed by atoms with Gasteiger partial charge in [0.15, 0.2) is 17.6 Å². The molecule has 0 saturated carbocycles. The summed E-state index contributed by atoms with van der Waals surface area (Å²) in [6, 6.07) is 8.87. The number of aryl methyl sites for hydroxylation is 2. The first kappa shape index (κ1) is 20.5. The molecule has 1 amide bonds. The van der Waals surface area contributed by atoms with Crippen molar-refractivity contribution in [2.45, 2.75) is 32.3 Å². The van der Waals surface area contributed by atoms with E-state index in [1.165, 1.54) is 51.5 Å². The first-order valence-corrected chi connectivity index (χ1v) is 9.40. The van der Waals surface area contributed by atoms with Gasteiger partial charge in [0.2, 0.25) is 0 Å². The van der Waals surface area contributed by atoms with Crippen molar-refractivity contribution in [3.05, 3.63) is 47.0 Å².